The van der Waals surface area contributed by atoms with Crippen LogP contribution < -0.4 is 5.32 Å². The van der Waals surface area contributed by atoms with Crippen molar-refractivity contribution in [2.24, 2.45) is 0 Å². The summed E-state index contributed by atoms with van der Waals surface area (Å²) in [6, 6.07) is 15.1. The lowest BCUT2D eigenvalue weighted by molar-refractivity contribution is 0.0948. The second kappa shape index (κ2) is 7.18. The molecule has 3 nitrogen and oxygen atoms in total. The van der Waals surface area contributed by atoms with E-state index in [1.807, 2.05) is 38.1 Å². The molecule has 0 fully saturated rings. The number of carbonyl (C=O) groups excluding carboxylic acids is 1. The van der Waals surface area contributed by atoms with Crippen molar-refractivity contribution in [2.45, 2.75) is 25.3 Å². The number of hydrogen-bond acceptors (Lipinski definition) is 2. The molecule has 0 aliphatic heterocycles. The average Bonchev–Trinajstić information content (AvgIpc) is 2.53. The minimum absolute atomic E-state index is 0.187. The predicted octanol–water partition coefficient (Wildman–Crippen LogP) is 3.05. The molecule has 1 N–H and O–H groups in total. The fraction of sp³-hybridized carbons (Fsp3) is 0.235. The Hall–Kier alpha value is -1.94. The Morgan fingerprint density at radius 1 is 1.10 bits per heavy atom. The standard InChI is InChI=1S/C17H19NO2S/c1-3-21(20)16-7-5-4-6-15(16)17(19)18-12-14-10-8-13(2)9-11-14/h4-11H,3,12H2,1-2H3,(H,18,19). The Balaban J connectivity index is 2.10. The summed E-state index contributed by atoms with van der Waals surface area (Å²) < 4.78 is 12.0. The topological polar surface area (TPSA) is 46.2 Å². The van der Waals surface area contributed by atoms with Gasteiger partial charge in [-0.25, -0.2) is 0 Å². The lowest BCUT2D eigenvalue weighted by Crippen LogP contribution is -2.24. The SMILES string of the molecule is CCS(=O)c1ccccc1C(=O)NCc1ccc(C)cc1. The summed E-state index contributed by atoms with van der Waals surface area (Å²) in [5.74, 6) is 0.315. The van der Waals surface area contributed by atoms with Crippen LogP contribution >= 0.6 is 0 Å². The first kappa shape index (κ1) is 15.4. The van der Waals surface area contributed by atoms with Gasteiger partial charge in [-0.2, -0.15) is 0 Å². The van der Waals surface area contributed by atoms with Crippen LogP contribution in [0.4, 0.5) is 0 Å². The van der Waals surface area contributed by atoms with E-state index in [0.717, 1.165) is 5.56 Å². The highest BCUT2D eigenvalue weighted by Crippen LogP contribution is 2.14. The normalized spacial score (nSPS) is 11.9. The van der Waals surface area contributed by atoms with Gasteiger partial charge in [0.2, 0.25) is 0 Å². The number of nitrogens with one attached hydrogen (secondary N) is 1. The van der Waals surface area contributed by atoms with Crippen molar-refractivity contribution in [1.29, 1.82) is 0 Å². The molecular weight excluding hydrogens is 282 g/mol. The zero-order chi connectivity index (χ0) is 15.2. The van der Waals surface area contributed by atoms with E-state index >= 15 is 0 Å². The Bertz CT molecular complexity index is 650. The van der Waals surface area contributed by atoms with E-state index in [-0.39, 0.29) is 5.91 Å². The third-order valence-corrected chi connectivity index (χ3v) is 4.58. The van der Waals surface area contributed by atoms with Gasteiger partial charge in [0.05, 0.1) is 21.3 Å². The van der Waals surface area contributed by atoms with E-state index in [1.54, 1.807) is 24.3 Å². The van der Waals surface area contributed by atoms with Crippen molar-refractivity contribution in [1.82, 2.24) is 5.32 Å². The smallest absolute Gasteiger partial charge is 0.252 e. The van der Waals surface area contributed by atoms with Crippen LogP contribution in [0.25, 0.3) is 0 Å². The zero-order valence-electron chi connectivity index (χ0n) is 12.3. The van der Waals surface area contributed by atoms with Gasteiger partial charge >= 0.3 is 0 Å². The average molecular weight is 301 g/mol. The van der Waals surface area contributed by atoms with Gasteiger partial charge < -0.3 is 5.32 Å². The molecular formula is C17H19NO2S. The Morgan fingerprint density at radius 2 is 1.76 bits per heavy atom. The molecule has 2 aromatic carbocycles. The maximum atomic E-state index is 12.3. The molecule has 0 saturated carbocycles. The van der Waals surface area contributed by atoms with Crippen LogP contribution in [0.1, 0.15) is 28.4 Å². The zero-order valence-corrected chi connectivity index (χ0v) is 13.1. The summed E-state index contributed by atoms with van der Waals surface area (Å²) in [6.07, 6.45) is 0. The van der Waals surface area contributed by atoms with Gasteiger partial charge in [-0.3, -0.25) is 9.00 Å². The first-order valence-electron chi connectivity index (χ1n) is 6.93. The van der Waals surface area contributed by atoms with Crippen molar-refractivity contribution in [2.75, 3.05) is 5.75 Å². The second-order valence-corrected chi connectivity index (χ2v) is 6.51. The molecule has 1 atom stereocenters. The van der Waals surface area contributed by atoms with E-state index in [9.17, 15) is 9.00 Å². The van der Waals surface area contributed by atoms with Gasteiger partial charge in [-0.05, 0) is 24.6 Å². The van der Waals surface area contributed by atoms with Gasteiger partial charge in [-0.1, -0.05) is 48.9 Å². The Kier molecular flexibility index (Phi) is 5.28. The molecule has 0 saturated heterocycles. The van der Waals surface area contributed by atoms with Crippen LogP contribution in [0.2, 0.25) is 0 Å². The fourth-order valence-corrected chi connectivity index (χ4v) is 2.94. The van der Waals surface area contributed by atoms with E-state index < -0.39 is 10.8 Å². The first-order chi connectivity index (χ1) is 10.1. The van der Waals surface area contributed by atoms with Crippen molar-refractivity contribution in [3.63, 3.8) is 0 Å². The summed E-state index contributed by atoms with van der Waals surface area (Å²) in [6.45, 7) is 4.34. The minimum atomic E-state index is -1.13. The van der Waals surface area contributed by atoms with Gasteiger partial charge in [0.25, 0.3) is 5.91 Å². The lowest BCUT2D eigenvalue weighted by atomic mass is 10.1. The number of hydrogen-bond donors (Lipinski definition) is 1. The van der Waals surface area contributed by atoms with Crippen LogP contribution in [0.15, 0.2) is 53.4 Å². The second-order valence-electron chi connectivity index (χ2n) is 4.80. The van der Waals surface area contributed by atoms with Crippen molar-refractivity contribution >= 4 is 16.7 Å². The molecule has 1 unspecified atom stereocenters. The van der Waals surface area contributed by atoms with E-state index in [1.165, 1.54) is 5.56 Å². The highest BCUT2D eigenvalue weighted by atomic mass is 32.2. The number of aryl methyl sites for hydroxylation is 1. The number of rotatable bonds is 5. The summed E-state index contributed by atoms with van der Waals surface area (Å²) in [7, 11) is -1.13. The molecule has 0 aromatic heterocycles. The molecule has 4 heteroatoms. The van der Waals surface area contributed by atoms with Crippen LogP contribution in [0.5, 0.6) is 0 Å². The van der Waals surface area contributed by atoms with Gasteiger partial charge in [0, 0.05) is 12.3 Å². The minimum Gasteiger partial charge on any atom is -0.348 e. The third kappa shape index (κ3) is 4.02. The predicted molar refractivity (Wildman–Crippen MR) is 85.7 cm³/mol. The first-order valence-corrected chi connectivity index (χ1v) is 8.25. The number of benzene rings is 2. The van der Waals surface area contributed by atoms with E-state index in [4.69, 9.17) is 0 Å². The van der Waals surface area contributed by atoms with Gasteiger partial charge in [0.15, 0.2) is 0 Å². The largest absolute Gasteiger partial charge is 0.348 e. The Labute approximate surface area is 127 Å². The van der Waals surface area contributed by atoms with Crippen LogP contribution in [0.3, 0.4) is 0 Å². The Morgan fingerprint density at radius 3 is 2.43 bits per heavy atom. The van der Waals surface area contributed by atoms with Crippen LogP contribution in [-0.2, 0) is 17.3 Å². The molecule has 2 aromatic rings. The summed E-state index contributed by atoms with van der Waals surface area (Å²) in [5.41, 5.74) is 2.72. The molecule has 0 aliphatic rings. The van der Waals surface area contributed by atoms with Gasteiger partial charge in [0.1, 0.15) is 0 Å². The number of carbonyl (C=O) groups is 1. The quantitative estimate of drug-likeness (QED) is 0.922. The van der Waals surface area contributed by atoms with Gasteiger partial charge in [-0.15, -0.1) is 0 Å². The fourth-order valence-electron chi connectivity index (χ4n) is 1.99. The maximum Gasteiger partial charge on any atom is 0.252 e. The maximum absolute atomic E-state index is 12.3. The molecule has 110 valence electrons. The monoisotopic (exact) mass is 301 g/mol. The summed E-state index contributed by atoms with van der Waals surface area (Å²) in [5, 5.41) is 2.88. The van der Waals surface area contributed by atoms with E-state index in [0.29, 0.717) is 22.8 Å². The van der Waals surface area contributed by atoms with Crippen LogP contribution in [0, 0.1) is 6.92 Å². The van der Waals surface area contributed by atoms with E-state index in [2.05, 4.69) is 5.32 Å². The highest BCUT2D eigenvalue weighted by Gasteiger charge is 2.14. The molecule has 0 spiro atoms. The molecule has 0 heterocycles. The summed E-state index contributed by atoms with van der Waals surface area (Å²) in [4.78, 5) is 12.9. The molecule has 0 bridgehead atoms. The summed E-state index contributed by atoms with van der Waals surface area (Å²) >= 11 is 0. The molecule has 2 rings (SSSR count). The van der Waals surface area contributed by atoms with Crippen molar-refractivity contribution < 1.29 is 9.00 Å². The third-order valence-electron chi connectivity index (χ3n) is 3.21. The molecule has 1 amide bonds. The lowest BCUT2D eigenvalue weighted by Gasteiger charge is -2.09. The molecule has 0 aliphatic carbocycles. The van der Waals surface area contributed by atoms with Crippen molar-refractivity contribution in [3.05, 3.63) is 65.2 Å². The molecule has 21 heavy (non-hydrogen) atoms. The highest BCUT2D eigenvalue weighted by molar-refractivity contribution is 7.85. The molecule has 0 radical (unpaired) electrons. The van der Waals surface area contributed by atoms with Crippen LogP contribution in [-0.4, -0.2) is 15.9 Å². The van der Waals surface area contributed by atoms with Crippen molar-refractivity contribution in [3.8, 4) is 0 Å². The number of amides is 1.